The fourth-order valence-corrected chi connectivity index (χ4v) is 9.46. The molecular formula is C55H101O13P. The van der Waals surface area contributed by atoms with Crippen LogP contribution in [0.15, 0.2) is 36.5 Å². The summed E-state index contributed by atoms with van der Waals surface area (Å²) in [5.74, 6) is -1.10. The van der Waals surface area contributed by atoms with Gasteiger partial charge in [-0.1, -0.05) is 198 Å². The Labute approximate surface area is 418 Å². The quantitative estimate of drug-likeness (QED) is 0.0145. The number of carbonyl (C=O) groups excluding carboxylic acids is 2. The Kier molecular flexibility index (Phi) is 42.2. The molecule has 69 heavy (non-hydrogen) atoms. The molecule has 404 valence electrons. The second kappa shape index (κ2) is 44.7. The smallest absolute Gasteiger partial charge is 0.462 e. The van der Waals surface area contributed by atoms with Crippen LogP contribution in [0.3, 0.4) is 0 Å². The van der Waals surface area contributed by atoms with Crippen LogP contribution in [0.1, 0.15) is 245 Å². The maximum atomic E-state index is 12.9. The lowest BCUT2D eigenvalue weighted by Gasteiger charge is -2.41. The van der Waals surface area contributed by atoms with Crippen molar-refractivity contribution in [3.8, 4) is 0 Å². The van der Waals surface area contributed by atoms with Crippen LogP contribution in [0.5, 0.6) is 0 Å². The number of phosphoric ester groups is 1. The summed E-state index contributed by atoms with van der Waals surface area (Å²) in [6.45, 7) is 3.31. The van der Waals surface area contributed by atoms with E-state index in [4.69, 9.17) is 18.5 Å². The zero-order chi connectivity index (χ0) is 50.6. The lowest BCUT2D eigenvalue weighted by molar-refractivity contribution is -0.220. The Morgan fingerprint density at radius 2 is 0.783 bits per heavy atom. The summed E-state index contributed by atoms with van der Waals surface area (Å²) in [4.78, 5) is 35.9. The molecule has 13 nitrogen and oxygen atoms in total. The highest BCUT2D eigenvalue weighted by atomic mass is 31.2. The zero-order valence-corrected chi connectivity index (χ0v) is 44.3. The van der Waals surface area contributed by atoms with Crippen molar-refractivity contribution in [3.63, 3.8) is 0 Å². The second-order valence-electron chi connectivity index (χ2n) is 19.4. The van der Waals surface area contributed by atoms with Crippen molar-refractivity contribution in [1.82, 2.24) is 0 Å². The molecule has 0 amide bonds. The van der Waals surface area contributed by atoms with Gasteiger partial charge in [0.2, 0.25) is 0 Å². The number of phosphoric acid groups is 1. The SMILES string of the molecule is CCCCC/C=C/C/C=C/CCCCCCCCCCCC(=O)O[C@@H](COC(=O)CCCCCCCCCCCCC/C=C/CCCCCCCC)COP(=O)(O)OC1C(O)C(O)C(O)[C@H](O)C1O. The topological polar surface area (TPSA) is 210 Å². The van der Waals surface area contributed by atoms with Crippen molar-refractivity contribution in [1.29, 1.82) is 0 Å². The summed E-state index contributed by atoms with van der Waals surface area (Å²) >= 11 is 0. The van der Waals surface area contributed by atoms with Gasteiger partial charge in [0.15, 0.2) is 6.10 Å². The van der Waals surface area contributed by atoms with E-state index in [9.17, 15) is 44.6 Å². The summed E-state index contributed by atoms with van der Waals surface area (Å²) < 4.78 is 33.7. The summed E-state index contributed by atoms with van der Waals surface area (Å²) in [6.07, 6.45) is 40.4. The minimum absolute atomic E-state index is 0.0930. The monoisotopic (exact) mass is 1000 g/mol. The maximum Gasteiger partial charge on any atom is 0.472 e. The van der Waals surface area contributed by atoms with Gasteiger partial charge in [0.1, 0.15) is 43.2 Å². The van der Waals surface area contributed by atoms with Gasteiger partial charge in [0, 0.05) is 12.8 Å². The summed E-state index contributed by atoms with van der Waals surface area (Å²) in [6, 6.07) is 0. The van der Waals surface area contributed by atoms with E-state index in [1.807, 2.05) is 0 Å². The Morgan fingerprint density at radius 1 is 0.449 bits per heavy atom. The van der Waals surface area contributed by atoms with Crippen molar-refractivity contribution in [3.05, 3.63) is 36.5 Å². The largest absolute Gasteiger partial charge is 0.472 e. The molecule has 6 N–H and O–H groups in total. The second-order valence-corrected chi connectivity index (χ2v) is 20.8. The molecule has 1 fully saturated rings. The van der Waals surface area contributed by atoms with Gasteiger partial charge in [-0.15, -0.1) is 0 Å². The highest BCUT2D eigenvalue weighted by Gasteiger charge is 2.51. The van der Waals surface area contributed by atoms with Crippen molar-refractivity contribution in [2.24, 2.45) is 0 Å². The average molecular weight is 1000 g/mol. The number of allylic oxidation sites excluding steroid dienone is 6. The van der Waals surface area contributed by atoms with Gasteiger partial charge in [0.25, 0.3) is 0 Å². The van der Waals surface area contributed by atoms with Crippen molar-refractivity contribution in [2.45, 2.75) is 288 Å². The molecule has 6 unspecified atom stereocenters. The lowest BCUT2D eigenvalue weighted by Crippen LogP contribution is -2.64. The van der Waals surface area contributed by atoms with Crippen molar-refractivity contribution in [2.75, 3.05) is 13.2 Å². The average Bonchev–Trinajstić information content (AvgIpc) is 3.33. The number of hydrogen-bond donors (Lipinski definition) is 6. The Balaban J connectivity index is 2.35. The predicted molar refractivity (Wildman–Crippen MR) is 277 cm³/mol. The van der Waals surface area contributed by atoms with E-state index in [1.165, 1.54) is 148 Å². The predicted octanol–water partition coefficient (Wildman–Crippen LogP) is 12.5. The van der Waals surface area contributed by atoms with Gasteiger partial charge in [0.05, 0.1) is 6.61 Å². The molecular weight excluding hydrogens is 900 g/mol. The number of unbranched alkanes of at least 4 members (excludes halogenated alkanes) is 29. The third-order valence-corrected chi connectivity index (χ3v) is 13.9. The molecule has 1 saturated carbocycles. The standard InChI is InChI=1S/C55H101O13P/c1-3-5-7-9-11-13-15-17-19-21-23-24-26-27-29-31-33-35-37-39-41-43-48(56)65-45-47(46-66-69(63,64)68-55-53(61)51(59)50(58)52(60)54(55)62)67-49(57)44-42-40-38-36-34-32-30-28-25-22-20-18-16-14-12-10-8-6-4-2/h12,14,17-20,47,50-55,58-62H,3-11,13,15-16,21-46H2,1-2H3,(H,63,64)/b14-12+,19-17+,20-18+/t47-,50?,51-,52?,53?,54?,55?/m0/s1. The first-order valence-electron chi connectivity index (χ1n) is 27.8. The highest BCUT2D eigenvalue weighted by molar-refractivity contribution is 7.47. The molecule has 0 spiro atoms. The number of carbonyl (C=O) groups is 2. The van der Waals surface area contributed by atoms with E-state index in [0.29, 0.717) is 12.8 Å². The van der Waals surface area contributed by atoms with Crippen LogP contribution in [0, 0.1) is 0 Å². The Hall–Kier alpha value is -1.93. The highest BCUT2D eigenvalue weighted by Crippen LogP contribution is 2.47. The first-order valence-corrected chi connectivity index (χ1v) is 29.3. The van der Waals surface area contributed by atoms with E-state index in [0.717, 1.165) is 57.8 Å². The maximum absolute atomic E-state index is 12.9. The third kappa shape index (κ3) is 36.6. The molecule has 1 aliphatic carbocycles. The van der Waals surface area contributed by atoms with Gasteiger partial charge >= 0.3 is 19.8 Å². The number of ether oxygens (including phenoxy) is 2. The molecule has 0 aromatic carbocycles. The minimum atomic E-state index is -5.13. The Morgan fingerprint density at radius 3 is 1.22 bits per heavy atom. The van der Waals surface area contributed by atoms with Crippen molar-refractivity contribution < 1.29 is 63.1 Å². The number of rotatable bonds is 47. The van der Waals surface area contributed by atoms with Crippen LogP contribution in [-0.4, -0.2) is 98.3 Å². The van der Waals surface area contributed by atoms with E-state index in [2.05, 4.69) is 50.3 Å². The van der Waals surface area contributed by atoms with E-state index in [1.54, 1.807) is 0 Å². The van der Waals surface area contributed by atoms with E-state index >= 15 is 0 Å². The number of aliphatic hydroxyl groups is 5. The summed E-state index contributed by atoms with van der Waals surface area (Å²) in [5.41, 5.74) is 0. The fourth-order valence-electron chi connectivity index (χ4n) is 8.49. The van der Waals surface area contributed by atoms with Crippen LogP contribution in [0.4, 0.5) is 0 Å². The molecule has 0 bridgehead atoms. The molecule has 0 saturated heterocycles. The molecule has 8 atom stereocenters. The summed E-state index contributed by atoms with van der Waals surface area (Å²) in [5, 5.41) is 50.3. The van der Waals surface area contributed by atoms with Gasteiger partial charge in [-0.25, -0.2) is 4.57 Å². The number of aliphatic hydroxyl groups excluding tert-OH is 5. The molecule has 0 aliphatic heterocycles. The first kappa shape index (κ1) is 65.1. The van der Waals surface area contributed by atoms with Gasteiger partial charge < -0.3 is 39.9 Å². The van der Waals surface area contributed by atoms with Crippen LogP contribution in [-0.2, 0) is 32.7 Å². The lowest BCUT2D eigenvalue weighted by atomic mass is 9.85. The number of hydrogen-bond acceptors (Lipinski definition) is 12. The molecule has 0 heterocycles. The van der Waals surface area contributed by atoms with Gasteiger partial charge in [-0.3, -0.25) is 18.6 Å². The van der Waals surface area contributed by atoms with Crippen LogP contribution in [0.25, 0.3) is 0 Å². The first-order chi connectivity index (χ1) is 33.4. The van der Waals surface area contributed by atoms with E-state index in [-0.39, 0.29) is 12.8 Å². The Bertz CT molecular complexity index is 1340. The molecule has 1 aliphatic rings. The zero-order valence-electron chi connectivity index (χ0n) is 43.4. The molecule has 0 aromatic heterocycles. The minimum Gasteiger partial charge on any atom is -0.462 e. The molecule has 0 radical (unpaired) electrons. The third-order valence-electron chi connectivity index (χ3n) is 13.0. The molecule has 0 aromatic rings. The van der Waals surface area contributed by atoms with Crippen LogP contribution < -0.4 is 0 Å². The van der Waals surface area contributed by atoms with Crippen LogP contribution in [0.2, 0.25) is 0 Å². The van der Waals surface area contributed by atoms with Crippen LogP contribution >= 0.6 is 7.82 Å². The molecule has 14 heteroatoms. The fraction of sp³-hybridized carbons (Fsp3) is 0.855. The summed E-state index contributed by atoms with van der Waals surface area (Å²) in [7, 11) is -5.13. The van der Waals surface area contributed by atoms with E-state index < -0.39 is 75.7 Å². The normalized spacial score (nSPS) is 21.1. The van der Waals surface area contributed by atoms with Gasteiger partial charge in [-0.05, 0) is 70.6 Å². The number of esters is 2. The van der Waals surface area contributed by atoms with Gasteiger partial charge in [-0.2, -0.15) is 0 Å². The molecule has 1 rings (SSSR count). The van der Waals surface area contributed by atoms with Crippen molar-refractivity contribution >= 4 is 19.8 Å².